The number of carbonyl (C=O) groups excluding carboxylic acids is 1. The van der Waals surface area contributed by atoms with Crippen molar-refractivity contribution < 1.29 is 18.7 Å². The SMILES string of the molecule is CCc1cnc2c(c1)C(NCC(O)C(Cc1cc(F)cc(F)c1)NC(C)=O)CCC2. The Balaban J connectivity index is 1.69. The first-order chi connectivity index (χ1) is 14.4. The topological polar surface area (TPSA) is 74.2 Å². The molecule has 7 heteroatoms. The highest BCUT2D eigenvalue weighted by molar-refractivity contribution is 5.73. The summed E-state index contributed by atoms with van der Waals surface area (Å²) >= 11 is 0. The van der Waals surface area contributed by atoms with Gasteiger partial charge in [0.1, 0.15) is 11.6 Å². The van der Waals surface area contributed by atoms with Crippen LogP contribution < -0.4 is 10.6 Å². The zero-order valence-electron chi connectivity index (χ0n) is 17.4. The second-order valence-corrected chi connectivity index (χ2v) is 7.94. The number of nitrogens with one attached hydrogen (secondary N) is 2. The number of aliphatic hydroxyl groups is 1. The molecule has 30 heavy (non-hydrogen) atoms. The number of hydrogen-bond acceptors (Lipinski definition) is 4. The van der Waals surface area contributed by atoms with Gasteiger partial charge in [-0.2, -0.15) is 0 Å². The summed E-state index contributed by atoms with van der Waals surface area (Å²) in [6.07, 6.45) is 4.92. The first kappa shape index (κ1) is 22.3. The summed E-state index contributed by atoms with van der Waals surface area (Å²) in [6, 6.07) is 4.81. The summed E-state index contributed by atoms with van der Waals surface area (Å²) < 4.78 is 27.1. The number of rotatable bonds is 8. The standard InChI is InChI=1S/C23H29F2N3O2/c1-3-15-9-19-20(26-12-15)5-4-6-21(19)27-13-23(30)22(28-14(2)29)10-16-7-17(24)11-18(25)8-16/h7-9,11-12,21-23,27,30H,3-6,10,13H2,1-2H3,(H,28,29). The second-order valence-electron chi connectivity index (χ2n) is 7.94. The fourth-order valence-electron chi connectivity index (χ4n) is 4.03. The Kier molecular flexibility index (Phi) is 7.50. The molecule has 0 bridgehead atoms. The van der Waals surface area contributed by atoms with E-state index in [1.54, 1.807) is 0 Å². The zero-order valence-corrected chi connectivity index (χ0v) is 17.4. The van der Waals surface area contributed by atoms with E-state index in [-0.39, 0.29) is 24.9 Å². The van der Waals surface area contributed by atoms with Crippen LogP contribution in [0.5, 0.6) is 0 Å². The number of hydrogen-bond donors (Lipinski definition) is 3. The molecule has 1 aliphatic carbocycles. The quantitative estimate of drug-likeness (QED) is 0.617. The van der Waals surface area contributed by atoms with Crippen LogP contribution in [-0.4, -0.2) is 34.7 Å². The lowest BCUT2D eigenvalue weighted by molar-refractivity contribution is -0.120. The van der Waals surface area contributed by atoms with Crippen molar-refractivity contribution in [2.24, 2.45) is 0 Å². The molecule has 0 spiro atoms. The maximum Gasteiger partial charge on any atom is 0.217 e. The number of aromatic nitrogens is 1. The van der Waals surface area contributed by atoms with Gasteiger partial charge in [0.05, 0.1) is 12.1 Å². The third-order valence-corrected chi connectivity index (χ3v) is 5.55. The maximum absolute atomic E-state index is 13.5. The summed E-state index contributed by atoms with van der Waals surface area (Å²) in [5.41, 5.74) is 3.80. The molecule has 162 valence electrons. The largest absolute Gasteiger partial charge is 0.390 e. The highest BCUT2D eigenvalue weighted by Crippen LogP contribution is 2.29. The molecule has 0 saturated carbocycles. The lowest BCUT2D eigenvalue weighted by Gasteiger charge is -2.29. The van der Waals surface area contributed by atoms with Crippen molar-refractivity contribution in [2.45, 2.75) is 64.1 Å². The summed E-state index contributed by atoms with van der Waals surface area (Å²) in [7, 11) is 0. The van der Waals surface area contributed by atoms with Crippen LogP contribution in [0.25, 0.3) is 0 Å². The molecule has 0 radical (unpaired) electrons. The first-order valence-corrected chi connectivity index (χ1v) is 10.5. The molecule has 0 aliphatic heterocycles. The molecule has 3 unspecified atom stereocenters. The molecule has 1 amide bonds. The molecular formula is C23H29F2N3O2. The van der Waals surface area contributed by atoms with Crippen LogP contribution in [0.3, 0.4) is 0 Å². The minimum Gasteiger partial charge on any atom is -0.390 e. The summed E-state index contributed by atoms with van der Waals surface area (Å²) in [4.78, 5) is 16.2. The molecule has 3 rings (SSSR count). The van der Waals surface area contributed by atoms with E-state index in [2.05, 4.69) is 28.6 Å². The van der Waals surface area contributed by atoms with E-state index < -0.39 is 23.8 Å². The Hall–Kier alpha value is -2.38. The molecule has 3 N–H and O–H groups in total. The lowest BCUT2D eigenvalue weighted by atomic mass is 9.89. The number of aryl methyl sites for hydroxylation is 2. The van der Waals surface area contributed by atoms with E-state index in [0.29, 0.717) is 5.56 Å². The normalized spacial score (nSPS) is 17.8. The van der Waals surface area contributed by atoms with E-state index >= 15 is 0 Å². The Morgan fingerprint density at radius 1 is 1.23 bits per heavy atom. The lowest BCUT2D eigenvalue weighted by Crippen LogP contribution is -2.48. The van der Waals surface area contributed by atoms with Crippen LogP contribution >= 0.6 is 0 Å². The number of aliphatic hydroxyl groups excluding tert-OH is 1. The van der Waals surface area contributed by atoms with Gasteiger partial charge in [-0.25, -0.2) is 8.78 Å². The van der Waals surface area contributed by atoms with E-state index in [1.165, 1.54) is 24.6 Å². The van der Waals surface area contributed by atoms with Crippen molar-refractivity contribution in [3.8, 4) is 0 Å². The van der Waals surface area contributed by atoms with Gasteiger partial charge in [-0.05, 0) is 60.9 Å². The third kappa shape index (κ3) is 5.83. The number of halogens is 2. The van der Waals surface area contributed by atoms with Crippen LogP contribution in [-0.2, 0) is 24.1 Å². The fraction of sp³-hybridized carbons (Fsp3) is 0.478. The maximum atomic E-state index is 13.5. The van der Waals surface area contributed by atoms with Crippen LogP contribution in [0.15, 0.2) is 30.5 Å². The third-order valence-electron chi connectivity index (χ3n) is 5.55. The summed E-state index contributed by atoms with van der Waals surface area (Å²) in [5, 5.41) is 16.9. The minimum absolute atomic E-state index is 0.0759. The van der Waals surface area contributed by atoms with Gasteiger partial charge in [0.2, 0.25) is 5.91 Å². The molecule has 1 aliphatic rings. The van der Waals surface area contributed by atoms with Crippen molar-refractivity contribution in [3.63, 3.8) is 0 Å². The molecular weight excluding hydrogens is 388 g/mol. The predicted octanol–water partition coefficient (Wildman–Crippen LogP) is 3.00. The fourth-order valence-corrected chi connectivity index (χ4v) is 4.03. The number of carbonyl (C=O) groups is 1. The van der Waals surface area contributed by atoms with E-state index in [9.17, 15) is 18.7 Å². The number of fused-ring (bicyclic) bond motifs is 1. The average Bonchev–Trinajstić information content (AvgIpc) is 2.70. The minimum atomic E-state index is -0.923. The molecule has 1 heterocycles. The Bertz CT molecular complexity index is 870. The second kappa shape index (κ2) is 10.1. The van der Waals surface area contributed by atoms with E-state index in [0.717, 1.165) is 43.0 Å². The number of pyridine rings is 1. The zero-order chi connectivity index (χ0) is 21.7. The van der Waals surface area contributed by atoms with Gasteiger partial charge in [0.15, 0.2) is 0 Å². The molecule has 1 aromatic heterocycles. The van der Waals surface area contributed by atoms with Gasteiger partial charge in [-0.1, -0.05) is 13.0 Å². The van der Waals surface area contributed by atoms with Gasteiger partial charge in [0, 0.05) is 37.5 Å². The number of amides is 1. The molecule has 1 aromatic carbocycles. The van der Waals surface area contributed by atoms with Crippen molar-refractivity contribution in [3.05, 3.63) is 64.5 Å². The molecule has 2 aromatic rings. The number of nitrogens with zero attached hydrogens (tertiary/aromatic N) is 1. The highest BCUT2D eigenvalue weighted by Gasteiger charge is 2.25. The first-order valence-electron chi connectivity index (χ1n) is 10.5. The molecule has 0 saturated heterocycles. The van der Waals surface area contributed by atoms with Crippen LogP contribution in [0.1, 0.15) is 55.1 Å². The van der Waals surface area contributed by atoms with Crippen LogP contribution in [0.2, 0.25) is 0 Å². The summed E-state index contributed by atoms with van der Waals surface area (Å²) in [6.45, 7) is 3.68. The van der Waals surface area contributed by atoms with Crippen molar-refractivity contribution in [1.29, 1.82) is 0 Å². The smallest absolute Gasteiger partial charge is 0.217 e. The van der Waals surface area contributed by atoms with Crippen molar-refractivity contribution in [2.75, 3.05) is 6.54 Å². The molecule has 0 fully saturated rings. The monoisotopic (exact) mass is 417 g/mol. The van der Waals surface area contributed by atoms with E-state index in [1.807, 2.05) is 6.20 Å². The molecule has 5 nitrogen and oxygen atoms in total. The Labute approximate surface area is 175 Å². The predicted molar refractivity (Wildman–Crippen MR) is 111 cm³/mol. The average molecular weight is 418 g/mol. The number of benzene rings is 1. The van der Waals surface area contributed by atoms with Crippen LogP contribution in [0.4, 0.5) is 8.78 Å². The van der Waals surface area contributed by atoms with Gasteiger partial charge >= 0.3 is 0 Å². The van der Waals surface area contributed by atoms with Crippen molar-refractivity contribution in [1.82, 2.24) is 15.6 Å². The van der Waals surface area contributed by atoms with Crippen LogP contribution in [0, 0.1) is 11.6 Å². The Morgan fingerprint density at radius 3 is 2.63 bits per heavy atom. The van der Waals surface area contributed by atoms with Gasteiger partial charge in [-0.3, -0.25) is 9.78 Å². The molecule has 3 atom stereocenters. The Morgan fingerprint density at radius 2 is 1.97 bits per heavy atom. The summed E-state index contributed by atoms with van der Waals surface area (Å²) in [5.74, 6) is -1.68. The van der Waals surface area contributed by atoms with Gasteiger partial charge in [-0.15, -0.1) is 0 Å². The van der Waals surface area contributed by atoms with E-state index in [4.69, 9.17) is 0 Å². The van der Waals surface area contributed by atoms with Gasteiger partial charge < -0.3 is 15.7 Å². The van der Waals surface area contributed by atoms with Gasteiger partial charge in [0.25, 0.3) is 0 Å². The van der Waals surface area contributed by atoms with Crippen molar-refractivity contribution >= 4 is 5.91 Å². The highest BCUT2D eigenvalue weighted by atomic mass is 19.1.